The molecule has 1 nitrogen and oxygen atoms in total. The standard InChI is InChI=1S/C21H28FN/c1-5-7-15(3)21(23)19(13-17-8-6-9-17)16(4)18-12-14(2)10-11-20(18)22/h10-12,17,23H,3,5-9,13H2,1-2,4H3/b19-16+,23-21?. The van der Waals surface area contributed by atoms with E-state index in [0.29, 0.717) is 17.2 Å². The predicted octanol–water partition coefficient (Wildman–Crippen LogP) is 6.47. The molecule has 1 aliphatic rings. The lowest BCUT2D eigenvalue weighted by Crippen LogP contribution is -2.17. The van der Waals surface area contributed by atoms with Gasteiger partial charge in [0.15, 0.2) is 0 Å². The molecule has 1 aliphatic carbocycles. The molecule has 0 bridgehead atoms. The Kier molecular flexibility index (Phi) is 5.92. The highest BCUT2D eigenvalue weighted by molar-refractivity contribution is 6.14. The third kappa shape index (κ3) is 4.19. The van der Waals surface area contributed by atoms with Gasteiger partial charge in [-0.15, -0.1) is 0 Å². The van der Waals surface area contributed by atoms with Crippen LogP contribution in [0.4, 0.5) is 4.39 Å². The molecular formula is C21H28FN. The van der Waals surface area contributed by atoms with Gasteiger partial charge in [-0.1, -0.05) is 50.8 Å². The normalized spacial score (nSPS) is 15.8. The van der Waals surface area contributed by atoms with Crippen molar-refractivity contribution >= 4 is 11.3 Å². The van der Waals surface area contributed by atoms with Crippen molar-refractivity contribution in [3.05, 3.63) is 52.9 Å². The van der Waals surface area contributed by atoms with Gasteiger partial charge in [0.1, 0.15) is 5.82 Å². The average molecular weight is 313 g/mol. The lowest BCUT2D eigenvalue weighted by Gasteiger charge is -2.28. The Morgan fingerprint density at radius 3 is 2.61 bits per heavy atom. The van der Waals surface area contributed by atoms with Gasteiger partial charge >= 0.3 is 0 Å². The minimum Gasteiger partial charge on any atom is -0.300 e. The van der Waals surface area contributed by atoms with Gasteiger partial charge in [0, 0.05) is 5.56 Å². The van der Waals surface area contributed by atoms with Crippen LogP contribution in [-0.2, 0) is 0 Å². The monoisotopic (exact) mass is 313 g/mol. The first-order valence-electron chi connectivity index (χ1n) is 8.67. The van der Waals surface area contributed by atoms with Crippen molar-refractivity contribution in [3.63, 3.8) is 0 Å². The largest absolute Gasteiger partial charge is 0.300 e. The SMILES string of the molecule is C=C(CCC)C(=N)/C(CC1CCC1)=C(\C)c1cc(C)ccc1F. The molecule has 2 rings (SSSR count). The molecule has 0 unspecified atom stereocenters. The van der Waals surface area contributed by atoms with Gasteiger partial charge in [-0.2, -0.15) is 0 Å². The maximum Gasteiger partial charge on any atom is 0.130 e. The highest BCUT2D eigenvalue weighted by Gasteiger charge is 2.23. The van der Waals surface area contributed by atoms with E-state index in [0.717, 1.165) is 41.5 Å². The minimum atomic E-state index is -0.201. The second-order valence-corrected chi connectivity index (χ2v) is 6.82. The number of nitrogens with one attached hydrogen (secondary N) is 1. The van der Waals surface area contributed by atoms with E-state index in [4.69, 9.17) is 5.41 Å². The van der Waals surface area contributed by atoms with E-state index in [1.165, 1.54) is 25.3 Å². The fourth-order valence-corrected chi connectivity index (χ4v) is 3.16. The van der Waals surface area contributed by atoms with Crippen LogP contribution in [0.3, 0.4) is 0 Å². The Morgan fingerprint density at radius 1 is 1.35 bits per heavy atom. The van der Waals surface area contributed by atoms with Gasteiger partial charge in [0.2, 0.25) is 0 Å². The summed E-state index contributed by atoms with van der Waals surface area (Å²) in [6, 6.07) is 5.21. The predicted molar refractivity (Wildman–Crippen MR) is 97.5 cm³/mol. The molecule has 23 heavy (non-hydrogen) atoms. The third-order valence-electron chi connectivity index (χ3n) is 4.90. The number of hydrogen-bond acceptors (Lipinski definition) is 1. The molecule has 0 aliphatic heterocycles. The van der Waals surface area contributed by atoms with Crippen molar-refractivity contribution in [2.24, 2.45) is 5.92 Å². The van der Waals surface area contributed by atoms with Crippen molar-refractivity contribution in [1.29, 1.82) is 5.41 Å². The minimum absolute atomic E-state index is 0.201. The van der Waals surface area contributed by atoms with E-state index in [9.17, 15) is 4.39 Å². The lowest BCUT2D eigenvalue weighted by molar-refractivity contribution is 0.317. The molecule has 0 radical (unpaired) electrons. The summed E-state index contributed by atoms with van der Waals surface area (Å²) in [7, 11) is 0. The summed E-state index contributed by atoms with van der Waals surface area (Å²) >= 11 is 0. The molecule has 2 heteroatoms. The maximum absolute atomic E-state index is 14.3. The first-order valence-corrected chi connectivity index (χ1v) is 8.67. The highest BCUT2D eigenvalue weighted by Crippen LogP contribution is 2.36. The van der Waals surface area contributed by atoms with Crippen molar-refractivity contribution in [1.82, 2.24) is 0 Å². The van der Waals surface area contributed by atoms with Gasteiger partial charge < -0.3 is 5.41 Å². The van der Waals surface area contributed by atoms with Gasteiger partial charge in [-0.3, -0.25) is 0 Å². The highest BCUT2D eigenvalue weighted by atomic mass is 19.1. The molecule has 0 heterocycles. The van der Waals surface area contributed by atoms with Gasteiger partial charge in [0.05, 0.1) is 5.71 Å². The molecule has 1 fully saturated rings. The Morgan fingerprint density at radius 2 is 2.04 bits per heavy atom. The first kappa shape index (κ1) is 17.7. The summed E-state index contributed by atoms with van der Waals surface area (Å²) in [5.41, 5.74) is 4.96. The number of hydrogen-bond donors (Lipinski definition) is 1. The zero-order chi connectivity index (χ0) is 17.0. The van der Waals surface area contributed by atoms with Crippen LogP contribution in [0.1, 0.15) is 63.5 Å². The molecule has 0 amide bonds. The third-order valence-corrected chi connectivity index (χ3v) is 4.90. The van der Waals surface area contributed by atoms with E-state index < -0.39 is 0 Å². The van der Waals surface area contributed by atoms with E-state index in [-0.39, 0.29) is 5.82 Å². The average Bonchev–Trinajstić information content (AvgIpc) is 2.48. The second-order valence-electron chi connectivity index (χ2n) is 6.82. The first-order chi connectivity index (χ1) is 10.9. The van der Waals surface area contributed by atoms with E-state index in [1.807, 2.05) is 19.9 Å². The van der Waals surface area contributed by atoms with Crippen LogP contribution in [0.15, 0.2) is 35.9 Å². The lowest BCUT2D eigenvalue weighted by atomic mass is 9.77. The molecule has 0 saturated heterocycles. The second kappa shape index (κ2) is 7.72. The van der Waals surface area contributed by atoms with E-state index in [1.54, 1.807) is 6.07 Å². The molecule has 0 aromatic heterocycles. The van der Waals surface area contributed by atoms with E-state index >= 15 is 0 Å². The zero-order valence-electron chi connectivity index (χ0n) is 14.6. The van der Waals surface area contributed by atoms with Crippen LogP contribution >= 0.6 is 0 Å². The number of aryl methyl sites for hydroxylation is 1. The van der Waals surface area contributed by atoms with Gasteiger partial charge in [-0.25, -0.2) is 4.39 Å². The smallest absolute Gasteiger partial charge is 0.130 e. The Balaban J connectivity index is 2.42. The Bertz CT molecular complexity index is 635. The summed E-state index contributed by atoms with van der Waals surface area (Å²) in [5, 5.41) is 8.57. The van der Waals surface area contributed by atoms with Crippen molar-refractivity contribution in [2.75, 3.05) is 0 Å². The zero-order valence-corrected chi connectivity index (χ0v) is 14.6. The summed E-state index contributed by atoms with van der Waals surface area (Å²) < 4.78 is 14.3. The summed E-state index contributed by atoms with van der Waals surface area (Å²) in [6.07, 6.45) is 6.41. The number of benzene rings is 1. The Labute approximate surface area is 139 Å². The topological polar surface area (TPSA) is 23.9 Å². The van der Waals surface area contributed by atoms with Crippen LogP contribution in [-0.4, -0.2) is 5.71 Å². The molecule has 1 N–H and O–H groups in total. The van der Waals surface area contributed by atoms with Crippen LogP contribution in [0.25, 0.3) is 5.57 Å². The Hall–Kier alpha value is -1.70. The molecule has 124 valence electrons. The van der Waals surface area contributed by atoms with Crippen molar-refractivity contribution in [3.8, 4) is 0 Å². The van der Waals surface area contributed by atoms with Crippen molar-refractivity contribution < 1.29 is 4.39 Å². The molecule has 0 atom stereocenters. The van der Waals surface area contributed by atoms with Gasteiger partial charge in [-0.05, 0) is 61.5 Å². The maximum atomic E-state index is 14.3. The molecular weight excluding hydrogens is 285 g/mol. The molecule has 0 spiro atoms. The quantitative estimate of drug-likeness (QED) is 0.557. The van der Waals surface area contributed by atoms with E-state index in [2.05, 4.69) is 13.5 Å². The fourth-order valence-electron chi connectivity index (χ4n) is 3.16. The van der Waals surface area contributed by atoms with Crippen LogP contribution in [0.2, 0.25) is 0 Å². The number of halogens is 1. The van der Waals surface area contributed by atoms with Crippen LogP contribution < -0.4 is 0 Å². The number of allylic oxidation sites excluding steroid dienone is 3. The summed E-state index contributed by atoms with van der Waals surface area (Å²) in [4.78, 5) is 0. The fraction of sp³-hybridized carbons (Fsp3) is 0.476. The number of rotatable bonds is 7. The molecule has 1 aromatic carbocycles. The summed E-state index contributed by atoms with van der Waals surface area (Å²) in [5.74, 6) is 0.440. The summed E-state index contributed by atoms with van der Waals surface area (Å²) in [6.45, 7) is 10.1. The van der Waals surface area contributed by atoms with Gasteiger partial charge in [0.25, 0.3) is 0 Å². The molecule has 1 saturated carbocycles. The van der Waals surface area contributed by atoms with Crippen LogP contribution in [0.5, 0.6) is 0 Å². The van der Waals surface area contributed by atoms with Crippen LogP contribution in [0, 0.1) is 24.1 Å². The molecule has 1 aromatic rings. The van der Waals surface area contributed by atoms with Crippen molar-refractivity contribution in [2.45, 2.75) is 59.3 Å².